The first-order chi connectivity index (χ1) is 8.49. The van der Waals surface area contributed by atoms with Crippen molar-refractivity contribution in [1.29, 1.82) is 0 Å². The molecule has 0 unspecified atom stereocenters. The molecule has 2 N–H and O–H groups in total. The van der Waals surface area contributed by atoms with Gasteiger partial charge in [0.1, 0.15) is 5.00 Å². The minimum absolute atomic E-state index is 0.0969. The highest BCUT2D eigenvalue weighted by atomic mass is 32.2. The van der Waals surface area contributed by atoms with Crippen molar-refractivity contribution in [2.24, 2.45) is 0 Å². The number of nitrogens with zero attached hydrogens (tertiary/aromatic N) is 2. The molecule has 0 aliphatic rings. The van der Waals surface area contributed by atoms with Crippen molar-refractivity contribution in [2.45, 2.75) is 4.90 Å². The average Bonchev–Trinajstić information content (AvgIpc) is 2.81. The maximum Gasteiger partial charge on any atom is 0.335 e. The van der Waals surface area contributed by atoms with Crippen molar-refractivity contribution < 1.29 is 18.3 Å². The van der Waals surface area contributed by atoms with Gasteiger partial charge in [-0.25, -0.2) is 13.2 Å². The first-order valence-corrected chi connectivity index (χ1v) is 6.88. The summed E-state index contributed by atoms with van der Waals surface area (Å²) >= 11 is 0.887. The summed E-state index contributed by atoms with van der Waals surface area (Å²) < 4.78 is 29.6. The summed E-state index contributed by atoms with van der Waals surface area (Å²) in [4.78, 5) is 10.6. The largest absolute Gasteiger partial charge is 0.478 e. The van der Waals surface area contributed by atoms with Crippen LogP contribution in [-0.4, -0.2) is 29.1 Å². The Labute approximate surface area is 106 Å². The van der Waals surface area contributed by atoms with E-state index < -0.39 is 16.0 Å². The summed E-state index contributed by atoms with van der Waals surface area (Å²) in [5.41, 5.74) is -0.0969. The van der Waals surface area contributed by atoms with Crippen molar-refractivity contribution in [3.05, 3.63) is 36.0 Å². The number of carbonyl (C=O) groups is 1. The van der Waals surface area contributed by atoms with Gasteiger partial charge >= 0.3 is 5.97 Å². The van der Waals surface area contributed by atoms with Gasteiger partial charge in [-0.3, -0.25) is 4.72 Å². The molecule has 2 rings (SSSR count). The Bertz CT molecular complexity index is 667. The number of anilines is 1. The number of carboxylic acids is 1. The Morgan fingerprint density at radius 3 is 2.78 bits per heavy atom. The lowest BCUT2D eigenvalue weighted by atomic mass is 10.2. The fraction of sp³-hybridized carbons (Fsp3) is 0. The fourth-order valence-electron chi connectivity index (χ4n) is 1.20. The molecule has 1 aromatic carbocycles. The molecule has 1 aromatic heterocycles. The lowest BCUT2D eigenvalue weighted by molar-refractivity contribution is 0.0696. The van der Waals surface area contributed by atoms with E-state index in [2.05, 4.69) is 14.3 Å². The van der Waals surface area contributed by atoms with Crippen LogP contribution < -0.4 is 4.72 Å². The molecule has 9 heteroatoms. The zero-order valence-corrected chi connectivity index (χ0v) is 10.4. The molecular weight excluding hydrogens is 278 g/mol. The molecular formula is C9H7N3O4S2. The number of sulfonamides is 1. The minimum Gasteiger partial charge on any atom is -0.478 e. The van der Waals surface area contributed by atoms with E-state index >= 15 is 0 Å². The van der Waals surface area contributed by atoms with E-state index in [-0.39, 0.29) is 15.5 Å². The summed E-state index contributed by atoms with van der Waals surface area (Å²) in [6.07, 6.45) is 1.27. The lowest BCUT2D eigenvalue weighted by Crippen LogP contribution is -2.12. The van der Waals surface area contributed by atoms with E-state index in [1.165, 1.54) is 24.4 Å². The molecule has 2 aromatic rings. The third-order valence-corrected chi connectivity index (χ3v) is 4.06. The van der Waals surface area contributed by atoms with E-state index in [0.717, 1.165) is 17.6 Å². The van der Waals surface area contributed by atoms with Gasteiger partial charge in [-0.2, -0.15) is 0 Å². The third-order valence-electron chi connectivity index (χ3n) is 1.99. The molecule has 0 bridgehead atoms. The Morgan fingerprint density at radius 1 is 1.39 bits per heavy atom. The highest BCUT2D eigenvalue weighted by Gasteiger charge is 2.17. The van der Waals surface area contributed by atoms with Crippen LogP contribution in [0.4, 0.5) is 5.00 Å². The molecule has 0 aliphatic heterocycles. The number of aromatic carboxylic acids is 1. The van der Waals surface area contributed by atoms with Crippen LogP contribution >= 0.6 is 11.5 Å². The number of benzene rings is 1. The molecule has 0 saturated heterocycles. The highest BCUT2D eigenvalue weighted by Crippen LogP contribution is 2.18. The van der Waals surface area contributed by atoms with Gasteiger partial charge in [0.15, 0.2) is 0 Å². The number of nitrogens with one attached hydrogen (secondary N) is 1. The monoisotopic (exact) mass is 285 g/mol. The maximum atomic E-state index is 11.9. The molecule has 0 amide bonds. The molecule has 18 heavy (non-hydrogen) atoms. The van der Waals surface area contributed by atoms with Crippen LogP contribution in [-0.2, 0) is 10.0 Å². The van der Waals surface area contributed by atoms with E-state index in [1.807, 2.05) is 0 Å². The van der Waals surface area contributed by atoms with Crippen LogP contribution in [0.3, 0.4) is 0 Å². The van der Waals surface area contributed by atoms with Crippen LogP contribution in [0.15, 0.2) is 35.4 Å². The number of aromatic nitrogens is 2. The van der Waals surface area contributed by atoms with Gasteiger partial charge in [0, 0.05) is 11.5 Å². The number of hydrogen-bond donors (Lipinski definition) is 2. The molecule has 7 nitrogen and oxygen atoms in total. The summed E-state index contributed by atoms with van der Waals surface area (Å²) in [6, 6.07) is 5.07. The fourth-order valence-corrected chi connectivity index (χ4v) is 2.93. The van der Waals surface area contributed by atoms with Crippen molar-refractivity contribution >= 4 is 32.5 Å². The molecule has 0 radical (unpaired) electrons. The number of hydrogen-bond acceptors (Lipinski definition) is 6. The zero-order chi connectivity index (χ0) is 13.2. The number of rotatable bonds is 4. The van der Waals surface area contributed by atoms with Crippen molar-refractivity contribution in [2.75, 3.05) is 4.72 Å². The van der Waals surface area contributed by atoms with Gasteiger partial charge in [-0.15, -0.1) is 5.10 Å². The molecule has 0 fully saturated rings. The van der Waals surface area contributed by atoms with Crippen molar-refractivity contribution in [3.63, 3.8) is 0 Å². The van der Waals surface area contributed by atoms with Crippen LogP contribution in [0.25, 0.3) is 0 Å². The van der Waals surface area contributed by atoms with Gasteiger partial charge in [0.05, 0.1) is 16.7 Å². The molecule has 1 heterocycles. The third kappa shape index (κ3) is 2.63. The van der Waals surface area contributed by atoms with Gasteiger partial charge < -0.3 is 5.11 Å². The van der Waals surface area contributed by atoms with Gasteiger partial charge in [0.2, 0.25) is 0 Å². The van der Waals surface area contributed by atoms with Crippen LogP contribution in [0.1, 0.15) is 10.4 Å². The highest BCUT2D eigenvalue weighted by molar-refractivity contribution is 7.93. The predicted octanol–water partition coefficient (Wildman–Crippen LogP) is 1.04. The maximum absolute atomic E-state index is 11.9. The van der Waals surface area contributed by atoms with E-state index in [0.29, 0.717) is 0 Å². The Hall–Kier alpha value is -2.00. The Kier molecular flexibility index (Phi) is 3.26. The topological polar surface area (TPSA) is 109 Å². The summed E-state index contributed by atoms with van der Waals surface area (Å²) in [5, 5.41) is 12.6. The molecule has 0 aliphatic carbocycles. The van der Waals surface area contributed by atoms with Crippen LogP contribution in [0.5, 0.6) is 0 Å². The average molecular weight is 285 g/mol. The minimum atomic E-state index is -3.82. The zero-order valence-electron chi connectivity index (χ0n) is 8.77. The first kappa shape index (κ1) is 12.5. The molecule has 0 atom stereocenters. The van der Waals surface area contributed by atoms with E-state index in [4.69, 9.17) is 5.11 Å². The summed E-state index contributed by atoms with van der Waals surface area (Å²) in [7, 11) is -3.82. The SMILES string of the molecule is O=C(O)c1cccc(S(=O)(=O)Nc2cnns2)c1. The van der Waals surface area contributed by atoms with Crippen LogP contribution in [0, 0.1) is 0 Å². The predicted molar refractivity (Wildman–Crippen MR) is 64.1 cm³/mol. The second-order valence-electron chi connectivity index (χ2n) is 3.22. The van der Waals surface area contributed by atoms with Crippen LogP contribution in [0.2, 0.25) is 0 Å². The van der Waals surface area contributed by atoms with Gasteiger partial charge in [0.25, 0.3) is 10.0 Å². The molecule has 0 spiro atoms. The molecule has 94 valence electrons. The molecule has 0 saturated carbocycles. The van der Waals surface area contributed by atoms with Crippen molar-refractivity contribution in [3.8, 4) is 0 Å². The Balaban J connectivity index is 2.35. The smallest absolute Gasteiger partial charge is 0.335 e. The van der Waals surface area contributed by atoms with E-state index in [9.17, 15) is 13.2 Å². The van der Waals surface area contributed by atoms with Gasteiger partial charge in [-0.05, 0) is 18.2 Å². The summed E-state index contributed by atoms with van der Waals surface area (Å²) in [5.74, 6) is -1.19. The standard InChI is InChI=1S/C9H7N3O4S2/c13-9(14)6-2-1-3-7(4-6)18(15,16)11-8-5-10-12-17-8/h1-5,11H,(H,13,14). The lowest BCUT2D eigenvalue weighted by Gasteiger charge is -2.05. The van der Waals surface area contributed by atoms with Crippen molar-refractivity contribution in [1.82, 2.24) is 9.59 Å². The summed E-state index contributed by atoms with van der Waals surface area (Å²) in [6.45, 7) is 0. The second kappa shape index (κ2) is 4.70. The van der Waals surface area contributed by atoms with Gasteiger partial charge in [-0.1, -0.05) is 10.6 Å². The Morgan fingerprint density at radius 2 is 2.17 bits per heavy atom. The first-order valence-electron chi connectivity index (χ1n) is 4.62. The van der Waals surface area contributed by atoms with E-state index in [1.54, 1.807) is 0 Å². The normalized spacial score (nSPS) is 11.1. The number of carboxylic acid groups (broad SMARTS) is 1. The second-order valence-corrected chi connectivity index (χ2v) is 5.69. The quantitative estimate of drug-likeness (QED) is 0.868.